The fourth-order valence-corrected chi connectivity index (χ4v) is 5.91. The molecule has 0 atom stereocenters. The zero-order chi connectivity index (χ0) is 29.0. The van der Waals surface area contributed by atoms with Crippen LogP contribution in [0.2, 0.25) is 0 Å². The first kappa shape index (κ1) is 24.5. The number of rotatable bonds is 4. The Labute approximate surface area is 251 Å². The zero-order valence-electron chi connectivity index (χ0n) is 23.3. The van der Waals surface area contributed by atoms with E-state index in [9.17, 15) is 0 Å². The summed E-state index contributed by atoms with van der Waals surface area (Å²) in [4.78, 5) is 20.2. The van der Waals surface area contributed by atoms with Crippen molar-refractivity contribution < 1.29 is 8.83 Å². The van der Waals surface area contributed by atoms with E-state index in [0.29, 0.717) is 34.5 Å². The van der Waals surface area contributed by atoms with Crippen molar-refractivity contribution in [2.45, 2.75) is 0 Å². The highest BCUT2D eigenvalue weighted by Gasteiger charge is 2.22. The first-order chi connectivity index (χ1) is 21.8. The van der Waals surface area contributed by atoms with Crippen molar-refractivity contribution in [2.75, 3.05) is 0 Å². The number of benzene rings is 6. The van der Waals surface area contributed by atoms with Gasteiger partial charge < -0.3 is 8.83 Å². The Morgan fingerprint density at radius 1 is 0.432 bits per heavy atom. The van der Waals surface area contributed by atoms with Gasteiger partial charge in [-0.1, -0.05) is 103 Å². The Morgan fingerprint density at radius 2 is 1.07 bits per heavy atom. The number of aromatic nitrogens is 4. The van der Waals surface area contributed by atoms with Gasteiger partial charge >= 0.3 is 0 Å². The van der Waals surface area contributed by atoms with Crippen molar-refractivity contribution >= 4 is 43.8 Å². The van der Waals surface area contributed by atoms with Crippen LogP contribution >= 0.6 is 0 Å². The monoisotopic (exact) mass is 566 g/mol. The molecule has 206 valence electrons. The highest BCUT2D eigenvalue weighted by molar-refractivity contribution is 6.12. The minimum atomic E-state index is 0.516. The van der Waals surface area contributed by atoms with E-state index in [1.165, 1.54) is 0 Å². The van der Waals surface area contributed by atoms with Gasteiger partial charge in [0.05, 0.1) is 0 Å². The van der Waals surface area contributed by atoms with Crippen molar-refractivity contribution in [3.63, 3.8) is 0 Å². The Bertz CT molecular complexity index is 2500. The molecule has 0 unspecified atom stereocenters. The average molecular weight is 567 g/mol. The summed E-state index contributed by atoms with van der Waals surface area (Å²) in [6.45, 7) is 0. The third-order valence-corrected chi connectivity index (χ3v) is 7.96. The number of fused-ring (bicyclic) bond motifs is 6. The summed E-state index contributed by atoms with van der Waals surface area (Å²) in [6, 6.07) is 44.2. The topological polar surface area (TPSA) is 77.8 Å². The lowest BCUT2D eigenvalue weighted by molar-refractivity contribution is 0.623. The van der Waals surface area contributed by atoms with Gasteiger partial charge in [-0.15, -0.1) is 0 Å². The maximum absolute atomic E-state index is 6.46. The van der Waals surface area contributed by atoms with E-state index in [2.05, 4.69) is 24.3 Å². The van der Waals surface area contributed by atoms with E-state index in [1.54, 1.807) is 0 Å². The molecule has 0 aliphatic carbocycles. The third-order valence-electron chi connectivity index (χ3n) is 7.96. The van der Waals surface area contributed by atoms with Gasteiger partial charge in [0.2, 0.25) is 5.89 Å². The first-order valence-corrected chi connectivity index (χ1v) is 14.4. The molecule has 0 N–H and O–H groups in total. The molecule has 0 saturated carbocycles. The van der Waals surface area contributed by atoms with E-state index in [0.717, 1.165) is 55.0 Å². The van der Waals surface area contributed by atoms with Crippen LogP contribution in [0, 0.1) is 0 Å². The van der Waals surface area contributed by atoms with Gasteiger partial charge in [-0.3, -0.25) is 0 Å². The Kier molecular flexibility index (Phi) is 5.40. The summed E-state index contributed by atoms with van der Waals surface area (Å²) < 4.78 is 12.7. The molecule has 0 fully saturated rings. The molecule has 3 aromatic heterocycles. The normalized spacial score (nSPS) is 11.6. The molecule has 6 aromatic carbocycles. The second-order valence-electron chi connectivity index (χ2n) is 10.7. The molecule has 0 saturated heterocycles. The molecule has 9 rings (SSSR count). The molecule has 0 bridgehead atoms. The summed E-state index contributed by atoms with van der Waals surface area (Å²) in [5.74, 6) is 2.19. The van der Waals surface area contributed by atoms with Crippen LogP contribution < -0.4 is 0 Å². The molecule has 6 nitrogen and oxygen atoms in total. The fourth-order valence-electron chi connectivity index (χ4n) is 5.91. The lowest BCUT2D eigenvalue weighted by Gasteiger charge is -2.10. The van der Waals surface area contributed by atoms with Crippen molar-refractivity contribution in [3.05, 3.63) is 133 Å². The number of hydrogen-bond acceptors (Lipinski definition) is 6. The SMILES string of the molecule is c1ccc(-c2nc(-c3cc4ccccc4c4oc(-c5ccccc5)nc34)nc(-c3cccc4oc5ccccc5c34)n2)cc1. The third kappa shape index (κ3) is 3.89. The maximum atomic E-state index is 6.46. The van der Waals surface area contributed by atoms with Gasteiger partial charge in [0, 0.05) is 38.4 Å². The summed E-state index contributed by atoms with van der Waals surface area (Å²) in [5.41, 5.74) is 6.44. The molecular weight excluding hydrogens is 544 g/mol. The first-order valence-electron chi connectivity index (χ1n) is 14.4. The lowest BCUT2D eigenvalue weighted by Crippen LogP contribution is -2.01. The Balaban J connectivity index is 1.36. The molecule has 0 spiro atoms. The minimum Gasteiger partial charge on any atom is -0.456 e. The van der Waals surface area contributed by atoms with Crippen LogP contribution in [0.5, 0.6) is 0 Å². The van der Waals surface area contributed by atoms with E-state index >= 15 is 0 Å². The number of para-hydroxylation sites is 1. The van der Waals surface area contributed by atoms with E-state index < -0.39 is 0 Å². The highest BCUT2D eigenvalue weighted by Crippen LogP contribution is 2.39. The summed E-state index contributed by atoms with van der Waals surface area (Å²) in [7, 11) is 0. The van der Waals surface area contributed by atoms with Crippen molar-refractivity contribution in [1.82, 2.24) is 19.9 Å². The van der Waals surface area contributed by atoms with E-state index in [1.807, 2.05) is 109 Å². The van der Waals surface area contributed by atoms with E-state index in [4.69, 9.17) is 28.8 Å². The number of nitrogens with zero attached hydrogens (tertiary/aromatic N) is 4. The van der Waals surface area contributed by atoms with Gasteiger partial charge in [0.15, 0.2) is 23.1 Å². The number of hydrogen-bond donors (Lipinski definition) is 0. The average Bonchev–Trinajstić information content (AvgIpc) is 3.71. The standard InChI is InChI=1S/C38H22N4O2/c1-3-12-23(13-4-1)35-40-36(28-19-11-21-31-32(28)27-18-9-10-20-30(27)43-31)42-37(41-35)29-22-25-16-7-8-17-26(25)34-33(29)39-38(44-34)24-14-5-2-6-15-24/h1-22H. The summed E-state index contributed by atoms with van der Waals surface area (Å²) >= 11 is 0. The minimum absolute atomic E-state index is 0.516. The van der Waals surface area contributed by atoms with Crippen molar-refractivity contribution in [2.24, 2.45) is 0 Å². The van der Waals surface area contributed by atoms with Gasteiger partial charge in [0.1, 0.15) is 16.7 Å². The quantitative estimate of drug-likeness (QED) is 0.211. The molecule has 0 radical (unpaired) electrons. The number of furan rings is 1. The van der Waals surface area contributed by atoms with Crippen LogP contribution in [0.3, 0.4) is 0 Å². The molecular formula is C38H22N4O2. The predicted octanol–water partition coefficient (Wildman–Crippen LogP) is 9.73. The van der Waals surface area contributed by atoms with E-state index in [-0.39, 0.29) is 0 Å². The largest absolute Gasteiger partial charge is 0.456 e. The summed E-state index contributed by atoms with van der Waals surface area (Å²) in [5, 5.41) is 3.97. The van der Waals surface area contributed by atoms with Gasteiger partial charge in [-0.25, -0.2) is 19.9 Å². The zero-order valence-corrected chi connectivity index (χ0v) is 23.3. The van der Waals surface area contributed by atoms with Gasteiger partial charge in [-0.2, -0.15) is 0 Å². The maximum Gasteiger partial charge on any atom is 0.227 e. The Hall–Kier alpha value is -6.14. The molecule has 0 aliphatic rings. The molecule has 3 heterocycles. The molecule has 6 heteroatoms. The van der Waals surface area contributed by atoms with Crippen LogP contribution in [-0.4, -0.2) is 19.9 Å². The summed E-state index contributed by atoms with van der Waals surface area (Å²) in [6.07, 6.45) is 0. The van der Waals surface area contributed by atoms with Crippen LogP contribution in [0.1, 0.15) is 0 Å². The highest BCUT2D eigenvalue weighted by atomic mass is 16.3. The van der Waals surface area contributed by atoms with Crippen LogP contribution in [0.15, 0.2) is 142 Å². The van der Waals surface area contributed by atoms with Gasteiger partial charge in [0.25, 0.3) is 0 Å². The van der Waals surface area contributed by atoms with Crippen LogP contribution in [0.25, 0.3) is 89.4 Å². The smallest absolute Gasteiger partial charge is 0.227 e. The van der Waals surface area contributed by atoms with Crippen LogP contribution in [-0.2, 0) is 0 Å². The van der Waals surface area contributed by atoms with Crippen LogP contribution in [0.4, 0.5) is 0 Å². The second-order valence-corrected chi connectivity index (χ2v) is 10.7. The number of oxazole rings is 1. The molecule has 9 aromatic rings. The van der Waals surface area contributed by atoms with Crippen molar-refractivity contribution in [3.8, 4) is 45.6 Å². The Morgan fingerprint density at radius 3 is 1.89 bits per heavy atom. The lowest BCUT2D eigenvalue weighted by atomic mass is 10.0. The second kappa shape index (κ2) is 9.71. The molecule has 44 heavy (non-hydrogen) atoms. The predicted molar refractivity (Wildman–Crippen MR) is 174 cm³/mol. The molecule has 0 aliphatic heterocycles. The molecule has 0 amide bonds. The van der Waals surface area contributed by atoms with Crippen molar-refractivity contribution in [1.29, 1.82) is 0 Å². The van der Waals surface area contributed by atoms with Gasteiger partial charge in [-0.05, 0) is 35.7 Å². The fraction of sp³-hybridized carbons (Fsp3) is 0.